The first kappa shape index (κ1) is 34.4. The van der Waals surface area contributed by atoms with Crippen LogP contribution >= 0.6 is 0 Å². The molecule has 0 saturated carbocycles. The van der Waals surface area contributed by atoms with Gasteiger partial charge in [-0.2, -0.15) is 0 Å². The molecule has 37 heavy (non-hydrogen) atoms. The molecular formula is C23H46N8O6. The Morgan fingerprint density at radius 2 is 1.03 bits per heavy atom. The lowest BCUT2D eigenvalue weighted by molar-refractivity contribution is -0.139. The van der Waals surface area contributed by atoms with Gasteiger partial charge in [-0.3, -0.25) is 48.5 Å². The molecule has 0 bridgehead atoms. The van der Waals surface area contributed by atoms with Crippen molar-refractivity contribution < 1.29 is 29.1 Å². The molecule has 14 nitrogen and oxygen atoms in total. The summed E-state index contributed by atoms with van der Waals surface area (Å²) in [4.78, 5) is 68.7. The number of carbonyl (C=O) groups excluding carboxylic acids is 4. The van der Waals surface area contributed by atoms with Crippen molar-refractivity contribution in [1.82, 2.24) is 40.4 Å². The third kappa shape index (κ3) is 19.2. The third-order valence-electron chi connectivity index (χ3n) is 5.18. The fourth-order valence-electron chi connectivity index (χ4n) is 3.11. The van der Waals surface area contributed by atoms with Crippen LogP contribution in [0.4, 0.5) is 0 Å². The number of hydrogen-bond donors (Lipinski definition) is 4. The zero-order valence-electron chi connectivity index (χ0n) is 23.2. The molecule has 0 atom stereocenters. The molecule has 14 heteroatoms. The summed E-state index contributed by atoms with van der Waals surface area (Å²) < 4.78 is 0. The lowest BCUT2D eigenvalue weighted by Gasteiger charge is -2.28. The molecule has 4 N–H and O–H groups in total. The van der Waals surface area contributed by atoms with Crippen molar-refractivity contribution in [3.63, 3.8) is 0 Å². The smallest absolute Gasteiger partial charge is 0.317 e. The monoisotopic (exact) mass is 530 g/mol. The molecule has 0 radical (unpaired) electrons. The van der Waals surface area contributed by atoms with Crippen LogP contribution in [-0.2, 0) is 24.0 Å². The van der Waals surface area contributed by atoms with E-state index in [2.05, 4.69) is 16.0 Å². The standard InChI is InChI=1S/C23H46N8O6/c1-7-19(32)12-30(14-21(34)25-17-27(3)4)10-8-29(16-23(36)37)9-11-31(13-20(33)24-2)15-22(35)26-18-28(5)6/h7-18H2,1-6H3,(H,24,33)(H,25,34)(H,26,35)(H,36,37). The number of likely N-dealkylation sites (N-methyl/N-ethyl adjacent to an activating group) is 1. The largest absolute Gasteiger partial charge is 0.480 e. The van der Waals surface area contributed by atoms with Crippen molar-refractivity contribution >= 4 is 29.5 Å². The van der Waals surface area contributed by atoms with Gasteiger partial charge in [-0.1, -0.05) is 6.92 Å². The van der Waals surface area contributed by atoms with Crippen molar-refractivity contribution in [2.24, 2.45) is 0 Å². The lowest BCUT2D eigenvalue weighted by atomic mass is 10.2. The Hall–Kier alpha value is -2.65. The van der Waals surface area contributed by atoms with E-state index in [0.717, 1.165) is 0 Å². The van der Waals surface area contributed by atoms with Crippen LogP contribution in [0.15, 0.2) is 0 Å². The SMILES string of the molecule is CCC(=O)CN(CCN(CCN(CC(=O)NC)CC(=O)NCN(C)C)CC(=O)O)CC(=O)NCN(C)C. The van der Waals surface area contributed by atoms with Gasteiger partial charge < -0.3 is 21.1 Å². The van der Waals surface area contributed by atoms with Gasteiger partial charge in [0.2, 0.25) is 17.7 Å². The molecule has 0 aromatic rings. The molecule has 0 saturated heterocycles. The van der Waals surface area contributed by atoms with Gasteiger partial charge in [-0.15, -0.1) is 0 Å². The van der Waals surface area contributed by atoms with E-state index in [-0.39, 0.29) is 75.9 Å². The predicted molar refractivity (Wildman–Crippen MR) is 140 cm³/mol. The molecule has 0 fully saturated rings. The summed E-state index contributed by atoms with van der Waals surface area (Å²) in [7, 11) is 8.78. The van der Waals surface area contributed by atoms with E-state index in [1.807, 2.05) is 28.2 Å². The van der Waals surface area contributed by atoms with E-state index in [4.69, 9.17) is 0 Å². The quantitative estimate of drug-likeness (QED) is 0.112. The van der Waals surface area contributed by atoms with E-state index in [1.54, 1.807) is 31.4 Å². The molecule has 0 aromatic heterocycles. The Morgan fingerprint density at radius 1 is 0.622 bits per heavy atom. The molecule has 0 aliphatic heterocycles. The maximum absolute atomic E-state index is 12.3. The van der Waals surface area contributed by atoms with Gasteiger partial charge in [0.25, 0.3) is 0 Å². The van der Waals surface area contributed by atoms with Crippen molar-refractivity contribution in [3.8, 4) is 0 Å². The highest BCUT2D eigenvalue weighted by molar-refractivity contribution is 5.82. The number of nitrogens with zero attached hydrogens (tertiary/aromatic N) is 5. The Balaban J connectivity index is 5.23. The van der Waals surface area contributed by atoms with Crippen LogP contribution in [0.2, 0.25) is 0 Å². The van der Waals surface area contributed by atoms with Gasteiger partial charge in [-0.25, -0.2) is 0 Å². The summed E-state index contributed by atoms with van der Waals surface area (Å²) in [6.45, 7) is 3.38. The summed E-state index contributed by atoms with van der Waals surface area (Å²) in [6, 6.07) is 0. The molecule has 214 valence electrons. The maximum Gasteiger partial charge on any atom is 0.317 e. The Kier molecular flexibility index (Phi) is 18.1. The maximum atomic E-state index is 12.3. The Morgan fingerprint density at radius 3 is 1.41 bits per heavy atom. The molecule has 0 unspecified atom stereocenters. The highest BCUT2D eigenvalue weighted by Gasteiger charge is 2.19. The van der Waals surface area contributed by atoms with Crippen LogP contribution in [0.3, 0.4) is 0 Å². The second kappa shape index (κ2) is 19.5. The van der Waals surface area contributed by atoms with Gasteiger partial charge in [0.05, 0.1) is 46.1 Å². The van der Waals surface area contributed by atoms with Crippen LogP contribution in [0.25, 0.3) is 0 Å². The van der Waals surface area contributed by atoms with Gasteiger partial charge in [0, 0.05) is 39.6 Å². The van der Waals surface area contributed by atoms with Crippen molar-refractivity contribution in [2.45, 2.75) is 13.3 Å². The zero-order chi connectivity index (χ0) is 28.4. The van der Waals surface area contributed by atoms with E-state index in [9.17, 15) is 29.1 Å². The Labute approximate surface area is 220 Å². The highest BCUT2D eigenvalue weighted by atomic mass is 16.4. The minimum Gasteiger partial charge on any atom is -0.480 e. The van der Waals surface area contributed by atoms with Gasteiger partial charge in [0.1, 0.15) is 5.78 Å². The van der Waals surface area contributed by atoms with Crippen LogP contribution in [0, 0.1) is 0 Å². The number of rotatable bonds is 21. The molecule has 0 heterocycles. The first-order valence-corrected chi connectivity index (χ1v) is 12.3. The van der Waals surface area contributed by atoms with Crippen LogP contribution in [0.1, 0.15) is 13.3 Å². The number of ketones is 1. The first-order valence-electron chi connectivity index (χ1n) is 12.3. The van der Waals surface area contributed by atoms with E-state index < -0.39 is 5.97 Å². The summed E-state index contributed by atoms with van der Waals surface area (Å²) in [5, 5.41) is 17.4. The molecule has 0 aromatic carbocycles. The van der Waals surface area contributed by atoms with Crippen LogP contribution in [0.5, 0.6) is 0 Å². The molecule has 0 spiro atoms. The summed E-state index contributed by atoms with van der Waals surface area (Å²) in [5.41, 5.74) is 0. The number of amides is 3. The highest BCUT2D eigenvalue weighted by Crippen LogP contribution is 1.98. The number of carbonyl (C=O) groups is 5. The van der Waals surface area contributed by atoms with Crippen molar-refractivity contribution in [3.05, 3.63) is 0 Å². The van der Waals surface area contributed by atoms with E-state index in [1.165, 1.54) is 7.05 Å². The number of carboxylic acid groups (broad SMARTS) is 1. The number of hydrogen-bond acceptors (Lipinski definition) is 10. The molecular weight excluding hydrogens is 484 g/mol. The zero-order valence-corrected chi connectivity index (χ0v) is 23.2. The van der Waals surface area contributed by atoms with Crippen molar-refractivity contribution in [2.75, 3.05) is 107 Å². The second-order valence-electron chi connectivity index (χ2n) is 9.33. The number of nitrogens with one attached hydrogen (secondary N) is 3. The van der Waals surface area contributed by atoms with E-state index in [0.29, 0.717) is 26.3 Å². The lowest BCUT2D eigenvalue weighted by Crippen LogP contribution is -2.48. The molecule has 3 amide bonds. The average molecular weight is 531 g/mol. The fraction of sp³-hybridized carbons (Fsp3) is 0.783. The average Bonchev–Trinajstić information content (AvgIpc) is 2.82. The topological polar surface area (TPSA) is 158 Å². The van der Waals surface area contributed by atoms with Crippen LogP contribution in [-0.4, -0.2) is 167 Å². The molecule has 0 aliphatic carbocycles. The number of aliphatic carboxylic acids is 1. The van der Waals surface area contributed by atoms with Crippen molar-refractivity contribution in [1.29, 1.82) is 0 Å². The summed E-state index contributed by atoms with van der Waals surface area (Å²) in [5.74, 6) is -1.80. The first-order chi connectivity index (χ1) is 17.4. The van der Waals surface area contributed by atoms with Gasteiger partial charge >= 0.3 is 5.97 Å². The van der Waals surface area contributed by atoms with Gasteiger partial charge in [0.15, 0.2) is 0 Å². The molecule has 0 aliphatic rings. The predicted octanol–water partition coefficient (Wildman–Crippen LogP) is -3.03. The van der Waals surface area contributed by atoms with Gasteiger partial charge in [-0.05, 0) is 28.2 Å². The minimum atomic E-state index is -1.03. The normalized spacial score (nSPS) is 11.4. The number of Topliss-reactive ketones (excluding diaryl/α,β-unsaturated/α-hetero) is 1. The third-order valence-corrected chi connectivity index (χ3v) is 5.18. The summed E-state index contributed by atoms with van der Waals surface area (Å²) in [6.07, 6.45) is 0.332. The fourth-order valence-corrected chi connectivity index (χ4v) is 3.11. The Bertz CT molecular complexity index is 682. The summed E-state index contributed by atoms with van der Waals surface area (Å²) >= 11 is 0. The number of carboxylic acids is 1. The van der Waals surface area contributed by atoms with Crippen LogP contribution < -0.4 is 16.0 Å². The minimum absolute atomic E-state index is 0.00926. The van der Waals surface area contributed by atoms with E-state index >= 15 is 0 Å². The molecule has 0 rings (SSSR count). The second-order valence-corrected chi connectivity index (χ2v) is 9.33.